The van der Waals surface area contributed by atoms with Crippen LogP contribution in [0.15, 0.2) is 34.2 Å². The topological polar surface area (TPSA) is 36.9 Å². The summed E-state index contributed by atoms with van der Waals surface area (Å²) in [6.07, 6.45) is 5.70. The molecule has 128 valence electrons. The van der Waals surface area contributed by atoms with Crippen LogP contribution in [0.3, 0.4) is 0 Å². The first-order chi connectivity index (χ1) is 11.2. The maximum Gasteiger partial charge on any atom is 0.193 e. The summed E-state index contributed by atoms with van der Waals surface area (Å²) in [5, 5.41) is 3.46. The molecule has 0 bridgehead atoms. The van der Waals surface area contributed by atoms with Crippen LogP contribution in [0.25, 0.3) is 0 Å². The number of ether oxygens (including phenoxy) is 1. The molecule has 5 heteroatoms. The van der Waals surface area contributed by atoms with E-state index >= 15 is 0 Å². The van der Waals surface area contributed by atoms with E-state index in [1.54, 1.807) is 11.8 Å². The van der Waals surface area contributed by atoms with Crippen molar-refractivity contribution < 1.29 is 4.74 Å². The summed E-state index contributed by atoms with van der Waals surface area (Å²) in [6, 6.07) is 8.68. The van der Waals surface area contributed by atoms with Gasteiger partial charge in [-0.1, -0.05) is 12.1 Å². The zero-order valence-corrected chi connectivity index (χ0v) is 15.4. The van der Waals surface area contributed by atoms with Gasteiger partial charge in [-0.2, -0.15) is 0 Å². The molecule has 0 saturated carbocycles. The smallest absolute Gasteiger partial charge is 0.193 e. The summed E-state index contributed by atoms with van der Waals surface area (Å²) >= 11 is 1.77. The molecule has 0 radical (unpaired) electrons. The van der Waals surface area contributed by atoms with Crippen molar-refractivity contribution in [2.24, 2.45) is 10.9 Å². The lowest BCUT2D eigenvalue weighted by Crippen LogP contribution is -2.39. The fourth-order valence-corrected chi connectivity index (χ4v) is 3.23. The third-order valence-electron chi connectivity index (χ3n) is 4.40. The van der Waals surface area contributed by atoms with Crippen molar-refractivity contribution in [2.75, 3.05) is 40.1 Å². The zero-order chi connectivity index (χ0) is 16.5. The van der Waals surface area contributed by atoms with Gasteiger partial charge in [0.15, 0.2) is 5.96 Å². The number of benzene rings is 1. The second-order valence-electron chi connectivity index (χ2n) is 6.01. The van der Waals surface area contributed by atoms with Gasteiger partial charge in [0.1, 0.15) is 0 Å². The van der Waals surface area contributed by atoms with Crippen LogP contribution in [0.2, 0.25) is 0 Å². The van der Waals surface area contributed by atoms with E-state index in [2.05, 4.69) is 52.8 Å². The number of nitrogens with one attached hydrogen (secondary N) is 1. The second kappa shape index (κ2) is 9.83. The molecule has 1 saturated heterocycles. The van der Waals surface area contributed by atoms with Gasteiger partial charge in [-0.05, 0) is 49.1 Å². The number of nitrogens with zero attached hydrogens (tertiary/aromatic N) is 2. The lowest BCUT2D eigenvalue weighted by Gasteiger charge is -2.26. The van der Waals surface area contributed by atoms with E-state index in [-0.39, 0.29) is 0 Å². The van der Waals surface area contributed by atoms with Crippen molar-refractivity contribution in [3.8, 4) is 0 Å². The number of guanidine groups is 1. The molecule has 1 N–H and O–H groups in total. The van der Waals surface area contributed by atoms with Crippen LogP contribution in [-0.4, -0.2) is 51.0 Å². The van der Waals surface area contributed by atoms with E-state index in [1.807, 2.05) is 7.05 Å². The Balaban J connectivity index is 1.76. The van der Waals surface area contributed by atoms with E-state index in [4.69, 9.17) is 4.74 Å². The van der Waals surface area contributed by atoms with Gasteiger partial charge in [-0.15, -0.1) is 11.8 Å². The third kappa shape index (κ3) is 6.07. The molecule has 0 amide bonds. The predicted molar refractivity (Wildman–Crippen MR) is 99.2 cm³/mol. The monoisotopic (exact) mass is 335 g/mol. The summed E-state index contributed by atoms with van der Waals surface area (Å²) in [6.45, 7) is 3.69. The van der Waals surface area contributed by atoms with Crippen LogP contribution in [0.5, 0.6) is 0 Å². The lowest BCUT2D eigenvalue weighted by atomic mass is 9.96. The van der Waals surface area contributed by atoms with Gasteiger partial charge in [-0.3, -0.25) is 4.99 Å². The van der Waals surface area contributed by atoms with Crippen molar-refractivity contribution in [2.45, 2.75) is 30.7 Å². The highest BCUT2D eigenvalue weighted by atomic mass is 32.2. The van der Waals surface area contributed by atoms with Crippen molar-refractivity contribution in [1.29, 1.82) is 0 Å². The van der Waals surface area contributed by atoms with Crippen molar-refractivity contribution in [1.82, 2.24) is 10.2 Å². The number of hydrogen-bond donors (Lipinski definition) is 1. The Morgan fingerprint density at radius 1 is 1.30 bits per heavy atom. The number of rotatable bonds is 6. The Labute approximate surface area is 144 Å². The van der Waals surface area contributed by atoms with Crippen LogP contribution in [0.1, 0.15) is 24.8 Å². The Bertz CT molecular complexity index is 484. The van der Waals surface area contributed by atoms with Crippen molar-refractivity contribution in [3.05, 3.63) is 29.8 Å². The first-order valence-electron chi connectivity index (χ1n) is 8.35. The largest absolute Gasteiger partial charge is 0.381 e. The second-order valence-corrected chi connectivity index (χ2v) is 6.89. The van der Waals surface area contributed by atoms with E-state index in [1.165, 1.54) is 29.7 Å². The van der Waals surface area contributed by atoms with E-state index in [0.29, 0.717) is 0 Å². The average molecular weight is 336 g/mol. The molecule has 0 aliphatic carbocycles. The SMILES string of the molecule is CN=C(NCc1ccc(SC)cc1)N(C)CCC1CCOCC1. The first-order valence-corrected chi connectivity index (χ1v) is 9.58. The Kier molecular flexibility index (Phi) is 7.76. The highest BCUT2D eigenvalue weighted by molar-refractivity contribution is 7.98. The standard InChI is InChI=1S/C18H29N3OS/c1-19-18(20-14-16-4-6-17(23-3)7-5-16)21(2)11-8-15-9-12-22-13-10-15/h4-7,15H,8-14H2,1-3H3,(H,19,20). The molecule has 2 rings (SSSR count). The predicted octanol–water partition coefficient (Wildman–Crippen LogP) is 3.23. The third-order valence-corrected chi connectivity index (χ3v) is 5.14. The highest BCUT2D eigenvalue weighted by Crippen LogP contribution is 2.18. The van der Waals surface area contributed by atoms with Crippen molar-refractivity contribution >= 4 is 17.7 Å². The molecular weight excluding hydrogens is 306 g/mol. The number of hydrogen-bond acceptors (Lipinski definition) is 3. The Hall–Kier alpha value is -1.20. The zero-order valence-electron chi connectivity index (χ0n) is 14.5. The molecular formula is C18H29N3OS. The summed E-state index contributed by atoms with van der Waals surface area (Å²) in [4.78, 5) is 7.93. The molecule has 1 heterocycles. The minimum atomic E-state index is 0.795. The molecule has 1 aliphatic heterocycles. The van der Waals surface area contributed by atoms with Gasteiger partial charge in [0, 0.05) is 45.3 Å². The normalized spacial score (nSPS) is 16.4. The Morgan fingerprint density at radius 2 is 2.00 bits per heavy atom. The summed E-state index contributed by atoms with van der Waals surface area (Å²) in [5.74, 6) is 1.76. The summed E-state index contributed by atoms with van der Waals surface area (Å²) in [7, 11) is 3.97. The molecule has 1 fully saturated rings. The lowest BCUT2D eigenvalue weighted by molar-refractivity contribution is 0.0625. The van der Waals surface area contributed by atoms with E-state index < -0.39 is 0 Å². The van der Waals surface area contributed by atoms with Crippen LogP contribution >= 0.6 is 11.8 Å². The van der Waals surface area contributed by atoms with Crippen molar-refractivity contribution in [3.63, 3.8) is 0 Å². The van der Waals surface area contributed by atoms with Gasteiger partial charge in [-0.25, -0.2) is 0 Å². The molecule has 4 nitrogen and oxygen atoms in total. The Morgan fingerprint density at radius 3 is 2.61 bits per heavy atom. The van der Waals surface area contributed by atoms with Crippen LogP contribution < -0.4 is 5.32 Å². The maximum absolute atomic E-state index is 5.43. The molecule has 0 spiro atoms. The van der Waals surface area contributed by atoms with Crippen LogP contribution in [0, 0.1) is 5.92 Å². The number of aliphatic imine (C=N–C) groups is 1. The molecule has 0 atom stereocenters. The van der Waals surface area contributed by atoms with E-state index in [9.17, 15) is 0 Å². The molecule has 1 aliphatic rings. The van der Waals surface area contributed by atoms with Crippen LogP contribution in [0.4, 0.5) is 0 Å². The fraction of sp³-hybridized carbons (Fsp3) is 0.611. The molecule has 23 heavy (non-hydrogen) atoms. The summed E-state index contributed by atoms with van der Waals surface area (Å²) < 4.78 is 5.43. The highest BCUT2D eigenvalue weighted by Gasteiger charge is 2.15. The maximum atomic E-state index is 5.43. The average Bonchev–Trinajstić information content (AvgIpc) is 2.62. The quantitative estimate of drug-likeness (QED) is 0.492. The molecule has 0 aromatic heterocycles. The van der Waals surface area contributed by atoms with Gasteiger partial charge in [0.05, 0.1) is 0 Å². The minimum Gasteiger partial charge on any atom is -0.381 e. The molecule has 1 aromatic carbocycles. The fourth-order valence-electron chi connectivity index (χ4n) is 2.83. The molecule has 1 aromatic rings. The van der Waals surface area contributed by atoms with E-state index in [0.717, 1.165) is 38.2 Å². The van der Waals surface area contributed by atoms with Gasteiger partial charge < -0.3 is 15.0 Å². The minimum absolute atomic E-state index is 0.795. The summed E-state index contributed by atoms with van der Waals surface area (Å²) in [5.41, 5.74) is 1.28. The number of thioether (sulfide) groups is 1. The van der Waals surface area contributed by atoms with Gasteiger partial charge >= 0.3 is 0 Å². The first kappa shape index (κ1) is 18.1. The van der Waals surface area contributed by atoms with Gasteiger partial charge in [0.25, 0.3) is 0 Å². The van der Waals surface area contributed by atoms with Crippen LogP contribution in [-0.2, 0) is 11.3 Å². The molecule has 0 unspecified atom stereocenters. The van der Waals surface area contributed by atoms with Gasteiger partial charge in [0.2, 0.25) is 0 Å².